The summed E-state index contributed by atoms with van der Waals surface area (Å²) >= 11 is 0. The first kappa shape index (κ1) is 20.2. The van der Waals surface area contributed by atoms with E-state index < -0.39 is 11.3 Å². The number of piperidine rings is 2. The highest BCUT2D eigenvalue weighted by molar-refractivity contribution is 5.37. The van der Waals surface area contributed by atoms with Gasteiger partial charge in [0, 0.05) is 65.0 Å². The van der Waals surface area contributed by atoms with Crippen molar-refractivity contribution < 1.29 is 8.78 Å². The summed E-state index contributed by atoms with van der Waals surface area (Å²) in [4.78, 5) is 4.20. The van der Waals surface area contributed by atoms with Crippen LogP contribution < -0.4 is 0 Å². The van der Waals surface area contributed by atoms with Gasteiger partial charge in [-0.2, -0.15) is 15.8 Å². The van der Waals surface area contributed by atoms with E-state index >= 15 is 0 Å². The summed E-state index contributed by atoms with van der Waals surface area (Å²) in [5, 5.41) is 27.2. The summed E-state index contributed by atoms with van der Waals surface area (Å²) in [7, 11) is 0. The minimum Gasteiger partial charge on any atom is -0.299 e. The van der Waals surface area contributed by atoms with Gasteiger partial charge < -0.3 is 0 Å². The van der Waals surface area contributed by atoms with Gasteiger partial charge in [-0.3, -0.25) is 9.80 Å². The van der Waals surface area contributed by atoms with Crippen molar-refractivity contribution >= 4 is 0 Å². The third-order valence-electron chi connectivity index (χ3n) is 5.69. The van der Waals surface area contributed by atoms with Crippen LogP contribution in [0.3, 0.4) is 0 Å². The zero-order valence-corrected chi connectivity index (χ0v) is 15.8. The molecule has 2 heterocycles. The first-order valence-electron chi connectivity index (χ1n) is 9.55. The fourth-order valence-electron chi connectivity index (χ4n) is 3.88. The molecule has 2 aliphatic heterocycles. The van der Waals surface area contributed by atoms with Crippen molar-refractivity contribution in [1.82, 2.24) is 9.80 Å². The molecular formula is C21H23F2N5. The molecule has 0 spiro atoms. The van der Waals surface area contributed by atoms with Gasteiger partial charge in [-0.1, -0.05) is 6.07 Å². The fourth-order valence-corrected chi connectivity index (χ4v) is 3.88. The second-order valence-corrected chi connectivity index (χ2v) is 7.86. The molecule has 0 bridgehead atoms. The van der Waals surface area contributed by atoms with E-state index in [1.807, 2.05) is 18.2 Å². The molecule has 0 saturated carbocycles. The molecule has 0 atom stereocenters. The molecule has 0 amide bonds. The summed E-state index contributed by atoms with van der Waals surface area (Å²) in [6, 6.07) is 11.4. The van der Waals surface area contributed by atoms with E-state index in [9.17, 15) is 14.0 Å². The molecule has 3 rings (SSSR count). The summed E-state index contributed by atoms with van der Waals surface area (Å²) < 4.78 is 28.1. The molecule has 146 valence electrons. The van der Waals surface area contributed by atoms with Gasteiger partial charge in [-0.05, 0) is 23.3 Å². The van der Waals surface area contributed by atoms with Crippen LogP contribution >= 0.6 is 0 Å². The number of halogens is 2. The van der Waals surface area contributed by atoms with E-state index in [0.717, 1.165) is 11.1 Å². The molecule has 0 unspecified atom stereocenters. The maximum atomic E-state index is 14.1. The van der Waals surface area contributed by atoms with Crippen molar-refractivity contribution in [2.45, 2.75) is 50.1 Å². The number of hydrogen-bond acceptors (Lipinski definition) is 5. The average molecular weight is 383 g/mol. The van der Waals surface area contributed by atoms with E-state index in [-0.39, 0.29) is 25.7 Å². The highest BCUT2D eigenvalue weighted by atomic mass is 19.1. The molecule has 28 heavy (non-hydrogen) atoms. The SMILES string of the molecule is N#Cc1cc(CN2CCC(F)(C#N)CC2)cc(CN2CCC(F)(C#N)CC2)c1. The van der Waals surface area contributed by atoms with Gasteiger partial charge in [0.05, 0.1) is 11.6 Å². The van der Waals surface area contributed by atoms with Crippen molar-refractivity contribution in [2.24, 2.45) is 0 Å². The Morgan fingerprint density at radius 3 is 1.46 bits per heavy atom. The zero-order valence-electron chi connectivity index (χ0n) is 15.8. The lowest BCUT2D eigenvalue weighted by Crippen LogP contribution is -2.40. The second kappa shape index (κ2) is 8.23. The van der Waals surface area contributed by atoms with Gasteiger partial charge in [0.25, 0.3) is 0 Å². The Bertz CT molecular complexity index is 772. The van der Waals surface area contributed by atoms with Gasteiger partial charge in [-0.15, -0.1) is 0 Å². The number of hydrogen-bond donors (Lipinski definition) is 0. The predicted octanol–water partition coefficient (Wildman–Crippen LogP) is 3.21. The standard InChI is InChI=1S/C21H23F2N5/c22-20(15-25)1-5-27(6-2-20)13-18-9-17(12-24)10-19(11-18)14-28-7-3-21(23,16-26)4-8-28/h9-11H,1-8,13-14H2. The van der Waals surface area contributed by atoms with Crippen molar-refractivity contribution in [1.29, 1.82) is 15.8 Å². The Morgan fingerprint density at radius 1 is 0.750 bits per heavy atom. The summed E-state index contributed by atoms with van der Waals surface area (Å²) in [6.07, 6.45) is 0.801. The lowest BCUT2D eigenvalue weighted by Gasteiger charge is -2.33. The molecule has 1 aromatic carbocycles. The summed E-state index contributed by atoms with van der Waals surface area (Å²) in [6.45, 7) is 3.24. The first-order valence-corrected chi connectivity index (χ1v) is 9.55. The molecule has 5 nitrogen and oxygen atoms in total. The molecule has 2 fully saturated rings. The summed E-state index contributed by atoms with van der Waals surface area (Å²) in [5.41, 5.74) is -0.924. The molecule has 0 aromatic heterocycles. The summed E-state index contributed by atoms with van der Waals surface area (Å²) in [5.74, 6) is 0. The Hall–Kier alpha value is -2.53. The fraction of sp³-hybridized carbons (Fsp3) is 0.571. The Balaban J connectivity index is 1.64. The van der Waals surface area contributed by atoms with Crippen molar-refractivity contribution in [3.63, 3.8) is 0 Å². The number of nitrogens with zero attached hydrogens (tertiary/aromatic N) is 5. The van der Waals surface area contributed by atoms with Crippen LogP contribution in [0.25, 0.3) is 0 Å². The van der Waals surface area contributed by atoms with Gasteiger partial charge in [0.1, 0.15) is 12.1 Å². The number of benzene rings is 1. The lowest BCUT2D eigenvalue weighted by atomic mass is 9.94. The average Bonchev–Trinajstić information content (AvgIpc) is 2.71. The number of alkyl halides is 2. The third-order valence-corrected chi connectivity index (χ3v) is 5.69. The minimum absolute atomic E-state index is 0.200. The third kappa shape index (κ3) is 4.84. The number of likely N-dealkylation sites (tertiary alicyclic amines) is 2. The second-order valence-electron chi connectivity index (χ2n) is 7.86. The normalized spacial score (nSPS) is 22.0. The highest BCUT2D eigenvalue weighted by Crippen LogP contribution is 2.28. The van der Waals surface area contributed by atoms with Crippen LogP contribution in [0.15, 0.2) is 18.2 Å². The topological polar surface area (TPSA) is 77.8 Å². The van der Waals surface area contributed by atoms with Gasteiger partial charge in [0.2, 0.25) is 0 Å². The highest BCUT2D eigenvalue weighted by Gasteiger charge is 2.35. The molecule has 2 saturated heterocycles. The van der Waals surface area contributed by atoms with E-state index in [0.29, 0.717) is 44.8 Å². The predicted molar refractivity (Wildman–Crippen MR) is 99.1 cm³/mol. The Labute approximate surface area is 164 Å². The van der Waals surface area contributed by atoms with Crippen LogP contribution in [0.2, 0.25) is 0 Å². The maximum absolute atomic E-state index is 14.1. The molecular weight excluding hydrogens is 360 g/mol. The Kier molecular flexibility index (Phi) is 5.94. The van der Waals surface area contributed by atoms with Crippen LogP contribution in [-0.4, -0.2) is 47.3 Å². The smallest absolute Gasteiger partial charge is 0.198 e. The van der Waals surface area contributed by atoms with E-state index in [4.69, 9.17) is 10.5 Å². The quantitative estimate of drug-likeness (QED) is 0.798. The van der Waals surface area contributed by atoms with E-state index in [2.05, 4.69) is 15.9 Å². The molecule has 0 N–H and O–H groups in total. The van der Waals surface area contributed by atoms with Crippen LogP contribution in [-0.2, 0) is 13.1 Å². The van der Waals surface area contributed by atoms with Gasteiger partial charge >= 0.3 is 0 Å². The number of nitriles is 3. The van der Waals surface area contributed by atoms with E-state index in [1.54, 1.807) is 12.1 Å². The van der Waals surface area contributed by atoms with Crippen LogP contribution in [0.4, 0.5) is 8.78 Å². The first-order chi connectivity index (χ1) is 13.4. The van der Waals surface area contributed by atoms with Crippen LogP contribution in [0.1, 0.15) is 42.4 Å². The largest absolute Gasteiger partial charge is 0.299 e. The lowest BCUT2D eigenvalue weighted by molar-refractivity contribution is 0.0974. The molecule has 7 heteroatoms. The molecule has 1 aromatic rings. The van der Waals surface area contributed by atoms with Gasteiger partial charge in [-0.25, -0.2) is 8.78 Å². The monoisotopic (exact) mass is 383 g/mol. The molecule has 2 aliphatic rings. The minimum atomic E-state index is -1.72. The molecule has 0 radical (unpaired) electrons. The van der Waals surface area contributed by atoms with Gasteiger partial charge in [0.15, 0.2) is 11.3 Å². The number of rotatable bonds is 4. The molecule has 0 aliphatic carbocycles. The maximum Gasteiger partial charge on any atom is 0.198 e. The zero-order chi connectivity index (χ0) is 20.2. The van der Waals surface area contributed by atoms with Crippen molar-refractivity contribution in [3.05, 3.63) is 34.9 Å². The van der Waals surface area contributed by atoms with Crippen molar-refractivity contribution in [3.8, 4) is 18.2 Å². The van der Waals surface area contributed by atoms with Crippen LogP contribution in [0.5, 0.6) is 0 Å². The van der Waals surface area contributed by atoms with E-state index in [1.165, 1.54) is 0 Å². The van der Waals surface area contributed by atoms with Crippen molar-refractivity contribution in [2.75, 3.05) is 26.2 Å². The van der Waals surface area contributed by atoms with Crippen LogP contribution in [0, 0.1) is 34.0 Å². The Morgan fingerprint density at radius 2 is 1.14 bits per heavy atom.